The fourth-order valence-electron chi connectivity index (χ4n) is 0. The largest absolute Gasteiger partial charge is 0 e. The van der Waals surface area contributed by atoms with E-state index in [0.29, 0.717) is 0 Å². The van der Waals surface area contributed by atoms with Gasteiger partial charge in [0, 0.05) is 41.2 Å². The van der Waals surface area contributed by atoms with Crippen molar-refractivity contribution >= 4 is 43.7 Å². The van der Waals surface area contributed by atoms with Crippen molar-refractivity contribution in [3.05, 3.63) is 0 Å². The molecule has 6 heteroatoms. The summed E-state index contributed by atoms with van der Waals surface area (Å²) in [6.07, 6.45) is 0. The SMILES string of the molecule is [GaH3].[O]=[Cu].[SnH4].[Ti].[Zn]. The van der Waals surface area contributed by atoms with Gasteiger partial charge in [0.15, 0.2) is 0 Å². The maximum absolute atomic E-state index is 7.81. The van der Waals surface area contributed by atoms with Crippen LogP contribution in [0.2, 0.25) is 0 Å². The van der Waals surface area contributed by atoms with Crippen molar-refractivity contribution in [2.75, 3.05) is 0 Å². The summed E-state index contributed by atoms with van der Waals surface area (Å²) in [4.78, 5) is 0. The summed E-state index contributed by atoms with van der Waals surface area (Å²) in [6.45, 7) is 0. The topological polar surface area (TPSA) is 17.1 Å². The maximum atomic E-state index is 7.81. The van der Waals surface area contributed by atoms with Gasteiger partial charge in [-0.1, -0.05) is 0 Å². The molecule has 0 radical (unpaired) electrons. The molecule has 0 unspecified atom stereocenters. The zero-order chi connectivity index (χ0) is 2.00. The van der Waals surface area contributed by atoms with Gasteiger partial charge >= 0.3 is 63.5 Å². The molecule has 0 amide bonds. The van der Waals surface area contributed by atoms with Crippen molar-refractivity contribution in [3.8, 4) is 0 Å². The van der Waals surface area contributed by atoms with Crippen LogP contribution in [0, 0.1) is 0 Å². The fraction of sp³-hybridized carbons (Fsp3) is 0. The minimum Gasteiger partial charge on any atom is 0 e. The minimum atomic E-state index is 0. The van der Waals surface area contributed by atoms with Crippen LogP contribution < -0.4 is 0 Å². The second-order valence-corrected chi connectivity index (χ2v) is 0. The Balaban J connectivity index is -0.000000000833. The van der Waals surface area contributed by atoms with E-state index in [1.165, 1.54) is 0 Å². The Kier molecular flexibility index (Phi) is 252. The Morgan fingerprint density at radius 2 is 1.17 bits per heavy atom. The van der Waals surface area contributed by atoms with E-state index >= 15 is 0 Å². The van der Waals surface area contributed by atoms with Crippen LogP contribution in [0.3, 0.4) is 0 Å². The summed E-state index contributed by atoms with van der Waals surface area (Å²) >= 11 is 2.94. The molecule has 0 aromatic rings. The van der Waals surface area contributed by atoms with Crippen molar-refractivity contribution in [2.24, 2.45) is 0 Å². The number of rotatable bonds is 0. The molecule has 0 rings (SSSR count). The zero-order valence-electron chi connectivity index (χ0n) is 1.92. The van der Waals surface area contributed by atoms with Crippen LogP contribution in [0.1, 0.15) is 0 Å². The Bertz CT molecular complexity index is 15.5. The summed E-state index contributed by atoms with van der Waals surface area (Å²) in [5.74, 6) is 0. The van der Waals surface area contributed by atoms with Crippen molar-refractivity contribution < 1.29 is 61.0 Å². The fourth-order valence-corrected chi connectivity index (χ4v) is 0. The normalized spacial score (nSPS) is 1.00. The van der Waals surface area contributed by atoms with E-state index in [4.69, 9.17) is 3.83 Å². The van der Waals surface area contributed by atoms with Gasteiger partial charge in [-0.25, -0.2) is 0 Å². The molecule has 0 aliphatic heterocycles. The first-order chi connectivity index (χ1) is 1.00. The summed E-state index contributed by atoms with van der Waals surface area (Å²) in [6, 6.07) is 0. The molecule has 0 saturated carbocycles. The average molecular weight is 388 g/mol. The van der Waals surface area contributed by atoms with Crippen LogP contribution in [0.4, 0.5) is 0 Å². The van der Waals surface area contributed by atoms with Gasteiger partial charge in [0.25, 0.3) is 0 Å². The van der Waals surface area contributed by atoms with E-state index in [1.807, 2.05) is 0 Å². The molecular formula is H7CuGaOSnTiZn. The third-order valence-electron chi connectivity index (χ3n) is 0. The van der Waals surface area contributed by atoms with Gasteiger partial charge in [-0.05, 0) is 0 Å². The molecular weight excluding hydrogens is 381 g/mol. The number of hydrogen-bond acceptors (Lipinski definition) is 1. The Labute approximate surface area is 103 Å². The second-order valence-electron chi connectivity index (χ2n) is 0. The molecule has 0 atom stereocenters. The minimum absolute atomic E-state index is 0. The molecule has 0 aromatic carbocycles. The molecule has 0 aliphatic carbocycles. The van der Waals surface area contributed by atoms with E-state index in [-0.39, 0.29) is 84.9 Å². The van der Waals surface area contributed by atoms with Gasteiger partial charge in [0.2, 0.25) is 0 Å². The van der Waals surface area contributed by atoms with E-state index in [9.17, 15) is 0 Å². The zero-order valence-corrected chi connectivity index (χ0v) is 7.39. The predicted molar refractivity (Wildman–Crippen MR) is 22.0 cm³/mol. The summed E-state index contributed by atoms with van der Waals surface area (Å²) < 4.78 is 7.81. The average Bonchev–Trinajstić information content (AvgIpc) is 1.00. The van der Waals surface area contributed by atoms with Gasteiger partial charge in [0.05, 0.1) is 0 Å². The summed E-state index contributed by atoms with van der Waals surface area (Å²) in [5.41, 5.74) is 0. The Morgan fingerprint density at radius 1 is 1.17 bits per heavy atom. The molecule has 0 aromatic heterocycles. The van der Waals surface area contributed by atoms with E-state index in [0.717, 1.165) is 0 Å². The molecule has 0 spiro atoms. The Hall–Kier alpha value is 3.09. The smallest absolute Gasteiger partial charge is 0 e. The second kappa shape index (κ2) is 42.6. The molecule has 0 aliphatic rings. The van der Waals surface area contributed by atoms with Gasteiger partial charge in [-0.2, -0.15) is 0 Å². The first-order valence-electron chi connectivity index (χ1n) is 0.123. The first kappa shape index (κ1) is 35.6. The van der Waals surface area contributed by atoms with E-state index in [1.54, 1.807) is 0 Å². The molecule has 0 bridgehead atoms. The third-order valence-corrected chi connectivity index (χ3v) is 0. The number of hydrogen-bond donors (Lipinski definition) is 0. The molecule has 0 fully saturated rings. The van der Waals surface area contributed by atoms with Crippen molar-refractivity contribution in [1.82, 2.24) is 0 Å². The van der Waals surface area contributed by atoms with Crippen molar-refractivity contribution in [1.29, 1.82) is 0 Å². The van der Waals surface area contributed by atoms with Crippen molar-refractivity contribution in [3.63, 3.8) is 0 Å². The van der Waals surface area contributed by atoms with Crippen molar-refractivity contribution in [2.45, 2.75) is 0 Å². The van der Waals surface area contributed by atoms with Gasteiger partial charge in [0.1, 0.15) is 0 Å². The molecule has 0 heterocycles. The monoisotopic (exact) mass is 387 g/mol. The third kappa shape index (κ3) is 27.5. The van der Waals surface area contributed by atoms with Crippen LogP contribution in [0.15, 0.2) is 0 Å². The molecule has 0 saturated heterocycles. The summed E-state index contributed by atoms with van der Waals surface area (Å²) in [5, 5.41) is 0. The van der Waals surface area contributed by atoms with Crippen LogP contribution in [-0.2, 0) is 61.0 Å². The quantitative estimate of drug-likeness (QED) is 0.411. The van der Waals surface area contributed by atoms with Crippen LogP contribution in [0.5, 0.6) is 0 Å². The van der Waals surface area contributed by atoms with Gasteiger partial charge in [-0.3, -0.25) is 0 Å². The standard InChI is InChI=1S/Cu.Ga.O.Sn.Ti.Zn.7H. The van der Waals surface area contributed by atoms with Gasteiger partial charge < -0.3 is 0 Å². The van der Waals surface area contributed by atoms with Crippen LogP contribution in [0.25, 0.3) is 0 Å². The summed E-state index contributed by atoms with van der Waals surface area (Å²) in [7, 11) is 0. The van der Waals surface area contributed by atoms with E-state index in [2.05, 4.69) is 15.9 Å². The molecule has 6 heavy (non-hydrogen) atoms. The molecule has 37 valence electrons. The Morgan fingerprint density at radius 3 is 1.17 bits per heavy atom. The first-order valence-corrected chi connectivity index (χ1v) is 0.508. The maximum Gasteiger partial charge on any atom is 0 e. The predicted octanol–water partition coefficient (Wildman–Crippen LogP) is -2.76. The molecule has 0 N–H and O–H groups in total. The van der Waals surface area contributed by atoms with Gasteiger partial charge in [-0.15, -0.1) is 0 Å². The van der Waals surface area contributed by atoms with Crippen LogP contribution in [-0.4, -0.2) is 43.7 Å². The molecule has 1 nitrogen and oxygen atoms in total. The van der Waals surface area contributed by atoms with E-state index < -0.39 is 0 Å². The van der Waals surface area contributed by atoms with Crippen LogP contribution >= 0.6 is 0 Å².